The first-order valence-corrected chi connectivity index (χ1v) is 8.37. The normalized spacial score (nSPS) is 11.6. The molecule has 134 valence electrons. The fourth-order valence-electron chi connectivity index (χ4n) is 2.92. The second-order valence-corrected chi connectivity index (χ2v) is 6.37. The van der Waals surface area contributed by atoms with Gasteiger partial charge < -0.3 is 4.98 Å². The van der Waals surface area contributed by atoms with E-state index in [1.165, 1.54) is 17.7 Å². The van der Waals surface area contributed by atoms with Crippen molar-refractivity contribution in [3.8, 4) is 5.69 Å². The van der Waals surface area contributed by atoms with Gasteiger partial charge >= 0.3 is 11.4 Å². The number of H-pyrrole nitrogens is 1. The molecule has 0 unspecified atom stereocenters. The van der Waals surface area contributed by atoms with E-state index in [-0.39, 0.29) is 11.4 Å². The van der Waals surface area contributed by atoms with Crippen LogP contribution in [0.25, 0.3) is 28.3 Å². The van der Waals surface area contributed by atoms with Crippen molar-refractivity contribution < 1.29 is 4.79 Å². The highest BCUT2D eigenvalue weighted by Crippen LogP contribution is 2.18. The third-order valence-electron chi connectivity index (χ3n) is 4.30. The Kier molecular flexibility index (Phi) is 3.84. The van der Waals surface area contributed by atoms with Crippen LogP contribution < -0.4 is 11.4 Å². The maximum absolute atomic E-state index is 12.8. The number of aromatic amines is 1. The van der Waals surface area contributed by atoms with Crippen molar-refractivity contribution in [3.63, 3.8) is 0 Å². The first-order valence-electron chi connectivity index (χ1n) is 8.37. The first kappa shape index (κ1) is 16.7. The molecule has 2 heterocycles. The van der Waals surface area contributed by atoms with E-state index in [1.807, 2.05) is 19.1 Å². The Labute approximate surface area is 153 Å². The summed E-state index contributed by atoms with van der Waals surface area (Å²) < 4.78 is 2.22. The van der Waals surface area contributed by atoms with E-state index in [2.05, 4.69) is 10.1 Å². The average Bonchev–Trinajstić information content (AvgIpc) is 2.99. The summed E-state index contributed by atoms with van der Waals surface area (Å²) in [5.74, 6) is -0.0680. The predicted molar refractivity (Wildman–Crippen MR) is 103 cm³/mol. The number of aryl methyl sites for hydroxylation is 1. The Morgan fingerprint density at radius 1 is 1.11 bits per heavy atom. The van der Waals surface area contributed by atoms with Gasteiger partial charge in [0.1, 0.15) is 0 Å². The van der Waals surface area contributed by atoms with E-state index < -0.39 is 11.4 Å². The Hall–Kier alpha value is -3.74. The molecule has 2 aromatic carbocycles. The highest BCUT2D eigenvalue weighted by molar-refractivity contribution is 5.95. The van der Waals surface area contributed by atoms with Crippen LogP contribution in [0.5, 0.6) is 0 Å². The summed E-state index contributed by atoms with van der Waals surface area (Å²) in [5.41, 5.74) is 2.14. The number of rotatable bonds is 3. The molecule has 0 bridgehead atoms. The van der Waals surface area contributed by atoms with Crippen LogP contribution >= 0.6 is 0 Å². The molecule has 0 spiro atoms. The van der Waals surface area contributed by atoms with E-state index in [0.717, 1.165) is 15.5 Å². The van der Waals surface area contributed by atoms with Crippen molar-refractivity contribution in [2.24, 2.45) is 0 Å². The fourth-order valence-corrected chi connectivity index (χ4v) is 2.92. The largest absolute Gasteiger partial charge is 0.359 e. The molecule has 0 aliphatic heterocycles. The van der Waals surface area contributed by atoms with Gasteiger partial charge in [0.05, 0.1) is 11.2 Å². The molecule has 0 aliphatic carbocycles. The molecule has 7 heteroatoms. The number of benzene rings is 2. The molecule has 27 heavy (non-hydrogen) atoms. The lowest BCUT2D eigenvalue weighted by Gasteiger charge is -2.01. The quantitative estimate of drug-likeness (QED) is 0.568. The molecule has 1 N–H and O–H groups in total. The number of hydrogen-bond donors (Lipinski definition) is 1. The number of aromatic nitrogens is 4. The van der Waals surface area contributed by atoms with Crippen LogP contribution in [0, 0.1) is 6.92 Å². The summed E-state index contributed by atoms with van der Waals surface area (Å²) in [4.78, 5) is 39.0. The third kappa shape index (κ3) is 2.89. The number of ketones is 1. The monoisotopic (exact) mass is 360 g/mol. The molecule has 7 nitrogen and oxygen atoms in total. The van der Waals surface area contributed by atoms with Crippen molar-refractivity contribution in [1.82, 2.24) is 19.2 Å². The lowest BCUT2D eigenvalue weighted by atomic mass is 10.1. The van der Waals surface area contributed by atoms with Crippen molar-refractivity contribution in [3.05, 3.63) is 80.6 Å². The Balaban J connectivity index is 2.02. The molecule has 0 radical (unpaired) electrons. The van der Waals surface area contributed by atoms with Crippen LogP contribution in [-0.4, -0.2) is 24.9 Å². The summed E-state index contributed by atoms with van der Waals surface area (Å²) >= 11 is 0. The van der Waals surface area contributed by atoms with Crippen LogP contribution in [0.15, 0.2) is 58.1 Å². The van der Waals surface area contributed by atoms with Gasteiger partial charge in [-0.05, 0) is 49.8 Å². The van der Waals surface area contributed by atoms with Crippen molar-refractivity contribution >= 4 is 28.4 Å². The Bertz CT molecular complexity index is 1340. The van der Waals surface area contributed by atoms with Crippen LogP contribution in [0.2, 0.25) is 0 Å². The van der Waals surface area contributed by atoms with Crippen LogP contribution in [0.3, 0.4) is 0 Å². The second kappa shape index (κ2) is 6.21. The van der Waals surface area contributed by atoms with Crippen LogP contribution in [0.4, 0.5) is 0 Å². The highest BCUT2D eigenvalue weighted by atomic mass is 16.2. The van der Waals surface area contributed by atoms with Crippen molar-refractivity contribution in [1.29, 1.82) is 0 Å². The zero-order valence-electron chi connectivity index (χ0n) is 14.8. The maximum Gasteiger partial charge on any atom is 0.359 e. The molecular weight excluding hydrogens is 344 g/mol. The number of carbonyl (C=O) groups is 1. The topological polar surface area (TPSA) is 89.2 Å². The smallest absolute Gasteiger partial charge is 0.306 e. The van der Waals surface area contributed by atoms with Crippen LogP contribution in [0.1, 0.15) is 18.1 Å². The Morgan fingerprint density at radius 3 is 2.56 bits per heavy atom. The SMILES string of the molecule is CC(=O)/C=C/c1ccc2[nH]c(=O)n3c(=O)n(-c4ccc(C)cc4)nc3c2c1. The summed E-state index contributed by atoms with van der Waals surface area (Å²) in [6.07, 6.45) is 3.14. The van der Waals surface area contributed by atoms with E-state index in [4.69, 9.17) is 0 Å². The molecule has 0 saturated carbocycles. The average molecular weight is 360 g/mol. The van der Waals surface area contributed by atoms with Crippen molar-refractivity contribution in [2.75, 3.05) is 0 Å². The maximum atomic E-state index is 12.8. The lowest BCUT2D eigenvalue weighted by molar-refractivity contribution is -0.112. The lowest BCUT2D eigenvalue weighted by Crippen LogP contribution is -2.29. The van der Waals surface area contributed by atoms with E-state index in [1.54, 1.807) is 36.4 Å². The molecule has 0 amide bonds. The number of nitrogens with zero attached hydrogens (tertiary/aromatic N) is 3. The van der Waals surface area contributed by atoms with Gasteiger partial charge in [0.2, 0.25) is 0 Å². The van der Waals surface area contributed by atoms with Gasteiger partial charge in [-0.15, -0.1) is 5.10 Å². The van der Waals surface area contributed by atoms with Crippen molar-refractivity contribution in [2.45, 2.75) is 13.8 Å². The standard InChI is InChI=1S/C20H16N4O3/c1-12-3-8-15(9-4-12)24-20(27)23-18(22-24)16-11-14(6-5-13(2)25)7-10-17(16)21-19(23)26/h3-11H,1-2H3,(H,21,26)/b6-5+. The molecule has 2 aromatic heterocycles. The first-order chi connectivity index (χ1) is 12.9. The Morgan fingerprint density at radius 2 is 1.85 bits per heavy atom. The highest BCUT2D eigenvalue weighted by Gasteiger charge is 2.15. The van der Waals surface area contributed by atoms with Gasteiger partial charge in [-0.1, -0.05) is 29.8 Å². The van der Waals surface area contributed by atoms with Gasteiger partial charge in [-0.2, -0.15) is 9.08 Å². The third-order valence-corrected chi connectivity index (χ3v) is 4.30. The molecule has 0 fully saturated rings. The summed E-state index contributed by atoms with van der Waals surface area (Å²) in [6, 6.07) is 12.6. The van der Waals surface area contributed by atoms with E-state index in [9.17, 15) is 14.4 Å². The number of fused-ring (bicyclic) bond motifs is 3. The molecule has 0 atom stereocenters. The van der Waals surface area contributed by atoms with Gasteiger partial charge in [0.15, 0.2) is 11.4 Å². The zero-order valence-corrected chi connectivity index (χ0v) is 14.8. The summed E-state index contributed by atoms with van der Waals surface area (Å²) in [6.45, 7) is 3.42. The molecule has 0 saturated heterocycles. The van der Waals surface area contributed by atoms with Gasteiger partial charge in [-0.3, -0.25) is 4.79 Å². The summed E-state index contributed by atoms with van der Waals surface area (Å²) in [7, 11) is 0. The second-order valence-electron chi connectivity index (χ2n) is 6.37. The minimum atomic E-state index is -0.548. The fraction of sp³-hybridized carbons (Fsp3) is 0.100. The molecule has 0 aliphatic rings. The van der Waals surface area contributed by atoms with Gasteiger partial charge in [0, 0.05) is 5.39 Å². The van der Waals surface area contributed by atoms with Gasteiger partial charge in [0.25, 0.3) is 0 Å². The molecular formula is C20H16N4O3. The van der Waals surface area contributed by atoms with Gasteiger partial charge in [-0.25, -0.2) is 9.59 Å². The summed E-state index contributed by atoms with van der Waals surface area (Å²) in [5, 5.41) is 5.01. The minimum absolute atomic E-state index is 0.0680. The number of carbonyl (C=O) groups excluding carboxylic acids is 1. The minimum Gasteiger partial charge on any atom is -0.306 e. The van der Waals surface area contributed by atoms with E-state index in [0.29, 0.717) is 16.6 Å². The van der Waals surface area contributed by atoms with E-state index >= 15 is 0 Å². The number of allylic oxidation sites excluding steroid dienone is 1. The van der Waals surface area contributed by atoms with Crippen LogP contribution in [-0.2, 0) is 4.79 Å². The number of nitrogens with one attached hydrogen (secondary N) is 1. The molecule has 4 rings (SSSR count). The molecule has 4 aromatic rings. The predicted octanol–water partition coefficient (Wildman–Crippen LogP) is 2.24. The number of hydrogen-bond acceptors (Lipinski definition) is 4. The zero-order chi connectivity index (χ0) is 19.1.